The lowest BCUT2D eigenvalue weighted by molar-refractivity contribution is -0.187. The second kappa shape index (κ2) is 6.21. The molecular weight excluding hydrogens is 367 g/mol. The van der Waals surface area contributed by atoms with Gasteiger partial charge in [0.1, 0.15) is 0 Å². The van der Waals surface area contributed by atoms with Gasteiger partial charge in [-0.15, -0.1) is 10.2 Å². The van der Waals surface area contributed by atoms with Crippen molar-refractivity contribution in [3.05, 3.63) is 29.3 Å². The number of aromatic nitrogens is 2. The fraction of sp³-hybridized carbons (Fsp3) is 0.357. The van der Waals surface area contributed by atoms with Gasteiger partial charge in [0.25, 0.3) is 0 Å². The summed E-state index contributed by atoms with van der Waals surface area (Å²) in [6.07, 6.45) is -4.58. The van der Waals surface area contributed by atoms with Gasteiger partial charge in [0, 0.05) is 18.7 Å². The SMILES string of the molecule is O=C(O)[C@@H]1CN(c2nnc(-c3ccccc3Cl)s2)C[C@H]1C(F)(F)F. The Kier molecular flexibility index (Phi) is 4.39. The van der Waals surface area contributed by atoms with E-state index in [2.05, 4.69) is 10.2 Å². The van der Waals surface area contributed by atoms with Crippen LogP contribution in [0.15, 0.2) is 24.3 Å². The average Bonchev–Trinajstić information content (AvgIpc) is 3.14. The summed E-state index contributed by atoms with van der Waals surface area (Å²) in [7, 11) is 0. The van der Waals surface area contributed by atoms with Crippen LogP contribution >= 0.6 is 22.9 Å². The molecule has 0 bridgehead atoms. The molecule has 1 N–H and O–H groups in total. The maximum atomic E-state index is 13.0. The number of hydrogen-bond acceptors (Lipinski definition) is 5. The second-order valence-electron chi connectivity index (χ2n) is 5.37. The van der Waals surface area contributed by atoms with Crippen LogP contribution in [0.25, 0.3) is 10.6 Å². The quantitative estimate of drug-likeness (QED) is 0.886. The molecule has 2 atom stereocenters. The molecule has 1 aromatic heterocycles. The van der Waals surface area contributed by atoms with E-state index in [9.17, 15) is 18.0 Å². The highest BCUT2D eigenvalue weighted by Crippen LogP contribution is 2.41. The normalized spacial score (nSPS) is 21.2. The van der Waals surface area contributed by atoms with Crippen molar-refractivity contribution in [2.45, 2.75) is 6.18 Å². The summed E-state index contributed by atoms with van der Waals surface area (Å²) >= 11 is 7.16. The van der Waals surface area contributed by atoms with E-state index in [1.54, 1.807) is 24.3 Å². The molecule has 128 valence electrons. The molecule has 3 rings (SSSR count). The third kappa shape index (κ3) is 3.18. The van der Waals surface area contributed by atoms with Gasteiger partial charge < -0.3 is 10.0 Å². The number of alkyl halides is 3. The first-order chi connectivity index (χ1) is 11.3. The molecule has 2 heterocycles. The van der Waals surface area contributed by atoms with E-state index in [1.807, 2.05) is 0 Å². The molecule has 1 aliphatic rings. The van der Waals surface area contributed by atoms with Gasteiger partial charge in [-0.1, -0.05) is 41.1 Å². The number of halogens is 4. The van der Waals surface area contributed by atoms with Gasteiger partial charge in [-0.25, -0.2) is 0 Å². The zero-order valence-corrected chi connectivity index (χ0v) is 13.6. The predicted octanol–water partition coefficient (Wildman–Crippen LogP) is 3.56. The molecule has 0 saturated carbocycles. The van der Waals surface area contributed by atoms with E-state index in [4.69, 9.17) is 16.7 Å². The van der Waals surface area contributed by atoms with Crippen molar-refractivity contribution in [2.75, 3.05) is 18.0 Å². The third-order valence-corrected chi connectivity index (χ3v) is 5.19. The van der Waals surface area contributed by atoms with Gasteiger partial charge in [0.15, 0.2) is 5.01 Å². The first-order valence-electron chi connectivity index (χ1n) is 6.90. The van der Waals surface area contributed by atoms with Crippen LogP contribution in [0.5, 0.6) is 0 Å². The Bertz CT molecular complexity index is 768. The zero-order chi connectivity index (χ0) is 17.5. The monoisotopic (exact) mass is 377 g/mol. The summed E-state index contributed by atoms with van der Waals surface area (Å²) in [4.78, 5) is 12.4. The maximum Gasteiger partial charge on any atom is 0.394 e. The Morgan fingerprint density at radius 2 is 2.00 bits per heavy atom. The minimum absolute atomic E-state index is 0.253. The van der Waals surface area contributed by atoms with Gasteiger partial charge in [-0.3, -0.25) is 4.79 Å². The topological polar surface area (TPSA) is 66.3 Å². The molecule has 5 nitrogen and oxygen atoms in total. The molecular formula is C14H11ClF3N3O2S. The highest BCUT2D eigenvalue weighted by Gasteiger charge is 2.53. The van der Waals surface area contributed by atoms with E-state index < -0.39 is 30.5 Å². The molecule has 10 heteroatoms. The van der Waals surface area contributed by atoms with Crippen molar-refractivity contribution in [2.24, 2.45) is 11.8 Å². The number of hydrogen-bond donors (Lipinski definition) is 1. The minimum Gasteiger partial charge on any atom is -0.481 e. The summed E-state index contributed by atoms with van der Waals surface area (Å²) < 4.78 is 39.1. The highest BCUT2D eigenvalue weighted by molar-refractivity contribution is 7.18. The lowest BCUT2D eigenvalue weighted by Gasteiger charge is -2.17. The number of carboxylic acid groups (broad SMARTS) is 1. The molecule has 1 fully saturated rings. The van der Waals surface area contributed by atoms with Crippen LogP contribution in [0.4, 0.5) is 18.3 Å². The number of anilines is 1. The summed E-state index contributed by atoms with van der Waals surface area (Å²) in [5.41, 5.74) is 0.629. The summed E-state index contributed by atoms with van der Waals surface area (Å²) in [5, 5.41) is 18.1. The fourth-order valence-electron chi connectivity index (χ4n) is 2.63. The number of benzene rings is 1. The zero-order valence-electron chi connectivity index (χ0n) is 12.0. The molecule has 0 unspecified atom stereocenters. The van der Waals surface area contributed by atoms with Crippen LogP contribution in [0.2, 0.25) is 5.02 Å². The van der Waals surface area contributed by atoms with Crippen molar-refractivity contribution >= 4 is 34.0 Å². The number of carbonyl (C=O) groups is 1. The van der Waals surface area contributed by atoms with Crippen LogP contribution in [0, 0.1) is 11.8 Å². The van der Waals surface area contributed by atoms with Crippen LogP contribution < -0.4 is 4.90 Å². The Morgan fingerprint density at radius 3 is 2.58 bits per heavy atom. The van der Waals surface area contributed by atoms with E-state index in [0.717, 1.165) is 11.3 Å². The molecule has 0 spiro atoms. The average molecular weight is 378 g/mol. The minimum atomic E-state index is -4.58. The number of carboxylic acids is 1. The van der Waals surface area contributed by atoms with Crippen molar-refractivity contribution in [3.8, 4) is 10.6 Å². The molecule has 1 aliphatic heterocycles. The predicted molar refractivity (Wildman–Crippen MR) is 83.2 cm³/mol. The Labute approximate surface area is 143 Å². The Balaban J connectivity index is 1.86. The van der Waals surface area contributed by atoms with E-state index in [1.165, 1.54) is 4.90 Å². The van der Waals surface area contributed by atoms with Gasteiger partial charge in [0.05, 0.1) is 16.9 Å². The fourth-order valence-corrected chi connectivity index (χ4v) is 3.81. The third-order valence-electron chi connectivity index (χ3n) is 3.85. The number of rotatable bonds is 3. The van der Waals surface area contributed by atoms with Crippen molar-refractivity contribution in [1.29, 1.82) is 0 Å². The van der Waals surface area contributed by atoms with Crippen molar-refractivity contribution in [1.82, 2.24) is 10.2 Å². The lowest BCUT2D eigenvalue weighted by Crippen LogP contribution is -2.33. The Morgan fingerprint density at radius 1 is 1.29 bits per heavy atom. The first-order valence-corrected chi connectivity index (χ1v) is 8.09. The number of aliphatic carboxylic acids is 1. The van der Waals surface area contributed by atoms with E-state index in [-0.39, 0.29) is 11.7 Å². The summed E-state index contributed by atoms with van der Waals surface area (Å²) in [5.74, 6) is -4.91. The van der Waals surface area contributed by atoms with Gasteiger partial charge in [-0.05, 0) is 6.07 Å². The lowest BCUT2D eigenvalue weighted by atomic mass is 9.96. The first kappa shape index (κ1) is 17.0. The van der Waals surface area contributed by atoms with Gasteiger partial charge in [0.2, 0.25) is 5.13 Å². The van der Waals surface area contributed by atoms with E-state index >= 15 is 0 Å². The van der Waals surface area contributed by atoms with Gasteiger partial charge >= 0.3 is 12.1 Å². The molecule has 0 aliphatic carbocycles. The van der Waals surface area contributed by atoms with Crippen LogP contribution in [0.1, 0.15) is 0 Å². The molecule has 1 saturated heterocycles. The standard InChI is InChI=1S/C14H11ClF3N3O2S/c15-10-4-2-1-3-7(10)11-19-20-13(24-11)21-5-8(12(22)23)9(6-21)14(16,17)18/h1-4,8-9H,5-6H2,(H,22,23)/t8-,9-/m1/s1. The summed E-state index contributed by atoms with van der Waals surface area (Å²) in [6, 6.07) is 6.92. The van der Waals surface area contributed by atoms with E-state index in [0.29, 0.717) is 15.6 Å². The van der Waals surface area contributed by atoms with Crippen LogP contribution in [-0.4, -0.2) is 40.5 Å². The second-order valence-corrected chi connectivity index (χ2v) is 6.73. The van der Waals surface area contributed by atoms with Crippen LogP contribution in [0.3, 0.4) is 0 Å². The smallest absolute Gasteiger partial charge is 0.394 e. The molecule has 0 radical (unpaired) electrons. The number of nitrogens with zero attached hydrogens (tertiary/aromatic N) is 3. The van der Waals surface area contributed by atoms with Gasteiger partial charge in [-0.2, -0.15) is 13.2 Å². The van der Waals surface area contributed by atoms with Crippen molar-refractivity contribution < 1.29 is 23.1 Å². The summed E-state index contributed by atoms with van der Waals surface area (Å²) in [6.45, 7) is -0.700. The molecule has 1 aromatic carbocycles. The molecule has 24 heavy (non-hydrogen) atoms. The molecule has 2 aromatic rings. The Hall–Kier alpha value is -1.87. The van der Waals surface area contributed by atoms with Crippen molar-refractivity contribution in [3.63, 3.8) is 0 Å². The highest BCUT2D eigenvalue weighted by atomic mass is 35.5. The largest absolute Gasteiger partial charge is 0.481 e. The van der Waals surface area contributed by atoms with Crippen LogP contribution in [-0.2, 0) is 4.79 Å². The maximum absolute atomic E-state index is 13.0. The molecule has 0 amide bonds.